The highest BCUT2D eigenvalue weighted by Crippen LogP contribution is 2.51. The Labute approximate surface area is 363 Å². The molecule has 2 atom stereocenters. The topological polar surface area (TPSA) is 3.24 Å². The van der Waals surface area contributed by atoms with Crippen LogP contribution in [0.3, 0.4) is 0 Å². The number of fused-ring (bicyclic) bond motifs is 5. The van der Waals surface area contributed by atoms with Gasteiger partial charge >= 0.3 is 0 Å². The first-order valence-corrected chi connectivity index (χ1v) is 21.6. The molecule has 0 aromatic heterocycles. The molecule has 0 bridgehead atoms. The van der Waals surface area contributed by atoms with Crippen LogP contribution in [-0.4, -0.2) is 0 Å². The van der Waals surface area contributed by atoms with Crippen LogP contribution in [0, 0.1) is 11.8 Å². The molecule has 0 saturated heterocycles. The van der Waals surface area contributed by atoms with Crippen molar-refractivity contribution in [1.82, 2.24) is 0 Å². The Morgan fingerprint density at radius 1 is 0.721 bits per heavy atom. The molecular weight excluding hydrogens is 735 g/mol. The first kappa shape index (κ1) is 39.5. The predicted molar refractivity (Wildman–Crippen MR) is 260 cm³/mol. The van der Waals surface area contributed by atoms with Gasteiger partial charge in [-0.2, -0.15) is 0 Å². The third-order valence-electron chi connectivity index (χ3n) is 13.0. The first-order valence-electron chi connectivity index (χ1n) is 21.6. The molecule has 1 heteroatoms. The van der Waals surface area contributed by atoms with Crippen molar-refractivity contribution in [3.8, 4) is 11.1 Å². The molecule has 0 saturated carbocycles. The van der Waals surface area contributed by atoms with Crippen molar-refractivity contribution < 1.29 is 0 Å². The third-order valence-corrected chi connectivity index (χ3v) is 13.0. The molecule has 4 aliphatic carbocycles. The molecule has 9 rings (SSSR count). The normalized spacial score (nSPS) is 21.1. The van der Waals surface area contributed by atoms with Crippen LogP contribution >= 0.6 is 0 Å². The third kappa shape index (κ3) is 7.47. The van der Waals surface area contributed by atoms with Gasteiger partial charge in [0.2, 0.25) is 0 Å². The Kier molecular flexibility index (Phi) is 11.0. The molecule has 0 N–H and O–H groups in total. The summed E-state index contributed by atoms with van der Waals surface area (Å²) in [7, 11) is 0. The SMILES string of the molecule is C=CC(C/C=C/N(C(=C)/C=C\C1=CC(c2ccccc2)(c2ccccc2)c2ccccc21)c1ccc2c(c1)C(C)(C)c1ccccc1-2)C1=C/C=C2\C=CC=CC2C/C=C/C=C\1. The van der Waals surface area contributed by atoms with E-state index in [-0.39, 0.29) is 11.3 Å². The molecule has 0 amide bonds. The number of allylic oxidation sites excluding steroid dienone is 18. The maximum Gasteiger partial charge on any atom is 0.0647 e. The van der Waals surface area contributed by atoms with Gasteiger partial charge in [0.15, 0.2) is 0 Å². The van der Waals surface area contributed by atoms with E-state index < -0.39 is 5.41 Å². The lowest BCUT2D eigenvalue weighted by atomic mass is 9.71. The highest BCUT2D eigenvalue weighted by atomic mass is 15.1. The minimum Gasteiger partial charge on any atom is -0.318 e. The molecule has 2 unspecified atom stereocenters. The van der Waals surface area contributed by atoms with E-state index in [1.54, 1.807) is 0 Å². The van der Waals surface area contributed by atoms with Crippen LogP contribution in [-0.2, 0) is 10.8 Å². The van der Waals surface area contributed by atoms with Gasteiger partial charge in [-0.05, 0) is 92.3 Å². The van der Waals surface area contributed by atoms with Gasteiger partial charge < -0.3 is 4.90 Å². The molecule has 61 heavy (non-hydrogen) atoms. The van der Waals surface area contributed by atoms with Gasteiger partial charge in [-0.15, -0.1) is 6.58 Å². The number of anilines is 1. The number of rotatable bonds is 11. The fourth-order valence-corrected chi connectivity index (χ4v) is 9.75. The van der Waals surface area contributed by atoms with E-state index in [9.17, 15) is 0 Å². The second-order valence-corrected chi connectivity index (χ2v) is 16.9. The monoisotopic (exact) mass is 787 g/mol. The Bertz CT molecular complexity index is 2710. The number of nitrogens with zero attached hydrogens (tertiary/aromatic N) is 1. The van der Waals surface area contributed by atoms with Crippen molar-refractivity contribution >= 4 is 11.3 Å². The van der Waals surface area contributed by atoms with Crippen molar-refractivity contribution in [3.05, 3.63) is 288 Å². The van der Waals surface area contributed by atoms with Gasteiger partial charge in [0.25, 0.3) is 0 Å². The quantitative estimate of drug-likeness (QED) is 0.0952. The summed E-state index contributed by atoms with van der Waals surface area (Å²) >= 11 is 0. The zero-order valence-corrected chi connectivity index (χ0v) is 35.3. The van der Waals surface area contributed by atoms with Crippen LogP contribution < -0.4 is 4.90 Å². The molecule has 0 fully saturated rings. The number of hydrogen-bond acceptors (Lipinski definition) is 1. The average Bonchev–Trinajstić information content (AvgIpc) is 3.76. The van der Waals surface area contributed by atoms with Crippen LogP contribution in [0.4, 0.5) is 5.69 Å². The van der Waals surface area contributed by atoms with E-state index >= 15 is 0 Å². The molecule has 0 aliphatic heterocycles. The van der Waals surface area contributed by atoms with Crippen molar-refractivity contribution in [2.45, 2.75) is 37.5 Å². The van der Waals surface area contributed by atoms with Gasteiger partial charge in [0.05, 0.1) is 5.41 Å². The molecular formula is C60H53N. The van der Waals surface area contributed by atoms with E-state index in [2.05, 4.69) is 250 Å². The molecule has 5 aromatic carbocycles. The minimum atomic E-state index is -0.422. The van der Waals surface area contributed by atoms with E-state index in [0.29, 0.717) is 5.92 Å². The predicted octanol–water partition coefficient (Wildman–Crippen LogP) is 15.1. The van der Waals surface area contributed by atoms with E-state index in [1.807, 2.05) is 0 Å². The standard InChI is InChI=1S/C60H53N/c1-5-45(47-23-10-6-9-22-46-24-15-16-25-48(46)38-37-47)26-21-41-61(52-39-40-55-54-32-18-19-33-56(54)59(3,4)58(55)42-52)44(2)35-36-49-43-60(50-27-11-7-12-28-50,51-29-13-8-14-30-51)57-34-20-17-31-53(49)57/h5-21,23-25,27-43,45-46H,1-2,22,26H2,3-4H3/b9-6+,23-10-,36-35-,41-21+,47-37+,48-38+. The van der Waals surface area contributed by atoms with Gasteiger partial charge in [0.1, 0.15) is 0 Å². The van der Waals surface area contributed by atoms with Crippen molar-refractivity contribution in [2.24, 2.45) is 11.8 Å². The van der Waals surface area contributed by atoms with Crippen LogP contribution in [0.15, 0.2) is 255 Å². The first-order chi connectivity index (χ1) is 29.9. The molecule has 298 valence electrons. The lowest BCUT2D eigenvalue weighted by Crippen LogP contribution is -2.25. The van der Waals surface area contributed by atoms with Crippen LogP contribution in [0.25, 0.3) is 16.7 Å². The van der Waals surface area contributed by atoms with Crippen LogP contribution in [0.2, 0.25) is 0 Å². The zero-order chi connectivity index (χ0) is 41.8. The smallest absolute Gasteiger partial charge is 0.0647 e. The Balaban J connectivity index is 1.09. The molecule has 5 aromatic rings. The van der Waals surface area contributed by atoms with E-state index in [1.165, 1.54) is 61.2 Å². The maximum absolute atomic E-state index is 4.75. The molecule has 0 radical (unpaired) electrons. The van der Waals surface area contributed by atoms with Gasteiger partial charge in [-0.25, -0.2) is 0 Å². The van der Waals surface area contributed by atoms with Crippen LogP contribution in [0.1, 0.15) is 60.1 Å². The highest BCUT2D eigenvalue weighted by molar-refractivity contribution is 5.87. The van der Waals surface area contributed by atoms with Gasteiger partial charge in [0, 0.05) is 34.8 Å². The minimum absolute atomic E-state index is 0.126. The fourth-order valence-electron chi connectivity index (χ4n) is 9.75. The lowest BCUT2D eigenvalue weighted by Gasteiger charge is -2.30. The number of hydrogen-bond donors (Lipinski definition) is 0. The Morgan fingerprint density at radius 3 is 2.15 bits per heavy atom. The fraction of sp³-hybridized carbons (Fsp3) is 0.133. The van der Waals surface area contributed by atoms with Crippen molar-refractivity contribution in [1.29, 1.82) is 0 Å². The summed E-state index contributed by atoms with van der Waals surface area (Å²) in [5, 5.41) is 0. The van der Waals surface area contributed by atoms with E-state index in [4.69, 9.17) is 6.58 Å². The Morgan fingerprint density at radius 2 is 1.39 bits per heavy atom. The average molecular weight is 788 g/mol. The summed E-state index contributed by atoms with van der Waals surface area (Å²) in [6, 6.07) is 46.4. The van der Waals surface area contributed by atoms with Crippen molar-refractivity contribution in [2.75, 3.05) is 4.90 Å². The summed E-state index contributed by atoms with van der Waals surface area (Å²) in [6.07, 6.45) is 37.5. The van der Waals surface area contributed by atoms with Gasteiger partial charge in [-0.3, -0.25) is 0 Å². The van der Waals surface area contributed by atoms with E-state index in [0.717, 1.165) is 24.2 Å². The maximum atomic E-state index is 4.75. The second-order valence-electron chi connectivity index (χ2n) is 16.9. The Hall–Kier alpha value is -6.96. The number of benzene rings is 5. The second kappa shape index (κ2) is 17.0. The lowest BCUT2D eigenvalue weighted by molar-refractivity contribution is 0.660. The molecule has 1 nitrogen and oxygen atoms in total. The highest BCUT2D eigenvalue weighted by Gasteiger charge is 2.40. The summed E-state index contributed by atoms with van der Waals surface area (Å²) in [6.45, 7) is 13.7. The zero-order valence-electron chi connectivity index (χ0n) is 35.3. The summed E-state index contributed by atoms with van der Waals surface area (Å²) in [5.41, 5.74) is 15.5. The largest absolute Gasteiger partial charge is 0.318 e. The summed E-state index contributed by atoms with van der Waals surface area (Å²) in [5.74, 6) is 0.522. The summed E-state index contributed by atoms with van der Waals surface area (Å²) in [4.78, 5) is 2.26. The molecule has 0 spiro atoms. The summed E-state index contributed by atoms with van der Waals surface area (Å²) < 4.78 is 0. The molecule has 0 heterocycles. The van der Waals surface area contributed by atoms with Crippen molar-refractivity contribution in [3.63, 3.8) is 0 Å². The van der Waals surface area contributed by atoms with Gasteiger partial charge in [-0.1, -0.05) is 221 Å². The molecule has 4 aliphatic rings. The van der Waals surface area contributed by atoms with Crippen LogP contribution in [0.5, 0.6) is 0 Å².